The number of hydrogen-bond acceptors (Lipinski definition) is 6. The maximum absolute atomic E-state index is 10.8. The van der Waals surface area contributed by atoms with Crippen LogP contribution in [0.2, 0.25) is 0 Å². The maximum Gasteiger partial charge on any atom is 0.334 e. The maximum atomic E-state index is 10.8. The molecule has 1 heterocycles. The normalized spacial score (nSPS) is 11.9. The lowest BCUT2D eigenvalue weighted by molar-refractivity contribution is -0.147. The third kappa shape index (κ3) is 3.56. The number of ether oxygens (including phenoxy) is 2. The van der Waals surface area contributed by atoms with Crippen molar-refractivity contribution >= 4 is 11.8 Å². The fraction of sp³-hybridized carbons (Fsp3) is 0.545. The van der Waals surface area contributed by atoms with Crippen molar-refractivity contribution in [2.45, 2.75) is 20.0 Å². The van der Waals surface area contributed by atoms with E-state index in [9.17, 15) is 4.79 Å². The summed E-state index contributed by atoms with van der Waals surface area (Å²) in [5.74, 6) is -0.00205. The van der Waals surface area contributed by atoms with Crippen molar-refractivity contribution in [3.8, 4) is 5.88 Å². The number of hydrogen-bond donors (Lipinski definition) is 2. The predicted molar refractivity (Wildman–Crippen MR) is 64.9 cm³/mol. The Balaban J connectivity index is 2.72. The molecule has 0 saturated carbocycles. The molecule has 0 aliphatic carbocycles. The van der Waals surface area contributed by atoms with Gasteiger partial charge in [0.05, 0.1) is 18.7 Å². The van der Waals surface area contributed by atoms with Crippen LogP contribution in [0.3, 0.4) is 0 Å². The van der Waals surface area contributed by atoms with Crippen LogP contribution in [0, 0.1) is 6.92 Å². The third-order valence-corrected chi connectivity index (χ3v) is 2.33. The van der Waals surface area contributed by atoms with Crippen LogP contribution >= 0.6 is 0 Å². The lowest BCUT2D eigenvalue weighted by Crippen LogP contribution is -2.30. The van der Waals surface area contributed by atoms with Gasteiger partial charge in [-0.2, -0.15) is 0 Å². The van der Waals surface area contributed by atoms with E-state index >= 15 is 0 Å². The van der Waals surface area contributed by atoms with E-state index in [2.05, 4.69) is 15.3 Å². The molecule has 1 rings (SSSR count). The summed E-state index contributed by atoms with van der Waals surface area (Å²) < 4.78 is 10.1. The van der Waals surface area contributed by atoms with Crippen LogP contribution in [-0.4, -0.2) is 47.4 Å². The van der Waals surface area contributed by atoms with Gasteiger partial charge in [-0.1, -0.05) is 0 Å². The molecule has 1 atom stereocenters. The van der Waals surface area contributed by atoms with E-state index in [4.69, 9.17) is 14.6 Å². The summed E-state index contributed by atoms with van der Waals surface area (Å²) in [5.41, 5.74) is 0.736. The number of anilines is 1. The Morgan fingerprint density at radius 1 is 1.56 bits per heavy atom. The summed E-state index contributed by atoms with van der Waals surface area (Å²) in [5, 5.41) is 11.7. The van der Waals surface area contributed by atoms with Crippen molar-refractivity contribution < 1.29 is 19.4 Å². The van der Waals surface area contributed by atoms with Crippen molar-refractivity contribution in [2.75, 3.05) is 25.6 Å². The molecule has 0 aliphatic heterocycles. The van der Waals surface area contributed by atoms with Crippen molar-refractivity contribution in [2.24, 2.45) is 0 Å². The van der Waals surface area contributed by atoms with Crippen LogP contribution < -0.4 is 10.1 Å². The summed E-state index contributed by atoms with van der Waals surface area (Å²) >= 11 is 0. The van der Waals surface area contributed by atoms with Crippen molar-refractivity contribution in [1.82, 2.24) is 9.97 Å². The second kappa shape index (κ2) is 6.75. The Bertz CT molecular complexity index is 411. The van der Waals surface area contributed by atoms with Crippen molar-refractivity contribution in [1.29, 1.82) is 0 Å². The summed E-state index contributed by atoms with van der Waals surface area (Å²) in [6.07, 6.45) is 0.443. The molecule has 0 aliphatic rings. The quantitative estimate of drug-likeness (QED) is 0.740. The highest BCUT2D eigenvalue weighted by Gasteiger charge is 2.17. The highest BCUT2D eigenvalue weighted by Crippen LogP contribution is 2.20. The zero-order valence-electron chi connectivity index (χ0n) is 10.6. The topological polar surface area (TPSA) is 93.6 Å². The minimum absolute atomic E-state index is 0.120. The Morgan fingerprint density at radius 3 is 2.83 bits per heavy atom. The molecule has 2 N–H and O–H groups in total. The molecule has 1 aromatic rings. The molecule has 0 amide bonds. The number of aliphatic carboxylic acids is 1. The molecule has 0 bridgehead atoms. The van der Waals surface area contributed by atoms with Crippen LogP contribution in [-0.2, 0) is 9.53 Å². The predicted octanol–water partition coefficient (Wildman–Crippen LogP) is 0.695. The van der Waals surface area contributed by atoms with Gasteiger partial charge in [0.2, 0.25) is 5.88 Å². The van der Waals surface area contributed by atoms with Gasteiger partial charge in [0.25, 0.3) is 0 Å². The number of nitrogens with one attached hydrogen (secondary N) is 1. The second-order valence-electron chi connectivity index (χ2n) is 3.53. The highest BCUT2D eigenvalue weighted by molar-refractivity contribution is 5.73. The number of rotatable bonds is 7. The molecule has 18 heavy (non-hydrogen) atoms. The summed E-state index contributed by atoms with van der Waals surface area (Å²) in [6.45, 7) is 4.29. The molecule has 0 radical (unpaired) electrons. The molecule has 0 aromatic carbocycles. The summed E-state index contributed by atoms with van der Waals surface area (Å²) in [4.78, 5) is 18.8. The molecule has 100 valence electrons. The fourth-order valence-electron chi connectivity index (χ4n) is 1.36. The number of carboxylic acid groups (broad SMARTS) is 1. The van der Waals surface area contributed by atoms with Gasteiger partial charge in [0.15, 0.2) is 6.10 Å². The Kier molecular flexibility index (Phi) is 5.31. The van der Waals surface area contributed by atoms with Gasteiger partial charge in [0, 0.05) is 7.11 Å². The second-order valence-corrected chi connectivity index (χ2v) is 3.53. The van der Waals surface area contributed by atoms with Crippen molar-refractivity contribution in [3.05, 3.63) is 11.9 Å². The lowest BCUT2D eigenvalue weighted by atomic mass is 10.3. The summed E-state index contributed by atoms with van der Waals surface area (Å²) in [6, 6.07) is 0. The average Bonchev–Trinajstić information content (AvgIpc) is 2.34. The first-order valence-corrected chi connectivity index (χ1v) is 5.54. The first kappa shape index (κ1) is 14.2. The van der Waals surface area contributed by atoms with Gasteiger partial charge in [-0.15, -0.1) is 0 Å². The van der Waals surface area contributed by atoms with Crippen LogP contribution in [0.15, 0.2) is 6.33 Å². The van der Waals surface area contributed by atoms with Gasteiger partial charge < -0.3 is 19.9 Å². The van der Waals surface area contributed by atoms with E-state index in [1.165, 1.54) is 13.4 Å². The van der Waals surface area contributed by atoms with Crippen LogP contribution in [0.5, 0.6) is 5.88 Å². The number of nitrogens with zero attached hydrogens (tertiary/aromatic N) is 2. The Hall–Kier alpha value is -1.89. The minimum atomic E-state index is -1.03. The SMILES string of the molecule is CCOc1ncnc(NCC(OC)C(=O)O)c1C. The van der Waals surface area contributed by atoms with E-state index < -0.39 is 12.1 Å². The molecule has 0 fully saturated rings. The van der Waals surface area contributed by atoms with E-state index in [-0.39, 0.29) is 6.54 Å². The zero-order valence-corrected chi connectivity index (χ0v) is 10.6. The zero-order chi connectivity index (χ0) is 13.5. The molecule has 7 nitrogen and oxygen atoms in total. The van der Waals surface area contributed by atoms with Crippen molar-refractivity contribution in [3.63, 3.8) is 0 Å². The van der Waals surface area contributed by atoms with Crippen LogP contribution in [0.25, 0.3) is 0 Å². The number of carboxylic acids is 1. The van der Waals surface area contributed by atoms with Crippen LogP contribution in [0.1, 0.15) is 12.5 Å². The van der Waals surface area contributed by atoms with Gasteiger partial charge in [0.1, 0.15) is 12.1 Å². The molecule has 1 unspecified atom stereocenters. The van der Waals surface area contributed by atoms with Crippen LogP contribution in [0.4, 0.5) is 5.82 Å². The standard InChI is InChI=1S/C11H17N3O4/c1-4-18-10-7(2)9(13-6-14-10)12-5-8(17-3)11(15)16/h6,8H,4-5H2,1-3H3,(H,15,16)(H,12,13,14). The number of aromatic nitrogens is 2. The molecule has 7 heteroatoms. The van der Waals surface area contributed by atoms with E-state index in [0.717, 1.165) is 5.56 Å². The first-order chi connectivity index (χ1) is 8.60. The third-order valence-electron chi connectivity index (χ3n) is 2.33. The minimum Gasteiger partial charge on any atom is -0.479 e. The van der Waals surface area contributed by atoms with Gasteiger partial charge in [-0.05, 0) is 13.8 Å². The number of carbonyl (C=O) groups is 1. The van der Waals surface area contributed by atoms with E-state index in [1.54, 1.807) is 6.92 Å². The van der Waals surface area contributed by atoms with E-state index in [0.29, 0.717) is 18.3 Å². The van der Waals surface area contributed by atoms with E-state index in [1.807, 2.05) is 6.92 Å². The molecule has 0 spiro atoms. The average molecular weight is 255 g/mol. The van der Waals surface area contributed by atoms with Gasteiger partial charge >= 0.3 is 5.97 Å². The largest absolute Gasteiger partial charge is 0.479 e. The Morgan fingerprint density at radius 2 is 2.28 bits per heavy atom. The highest BCUT2D eigenvalue weighted by atomic mass is 16.5. The molecule has 1 aromatic heterocycles. The monoisotopic (exact) mass is 255 g/mol. The molecular weight excluding hydrogens is 238 g/mol. The summed E-state index contributed by atoms with van der Waals surface area (Å²) in [7, 11) is 1.35. The van der Waals surface area contributed by atoms with Gasteiger partial charge in [-0.3, -0.25) is 0 Å². The number of methoxy groups -OCH3 is 1. The first-order valence-electron chi connectivity index (χ1n) is 5.54. The Labute approximate surface area is 105 Å². The molecule has 0 saturated heterocycles. The molecular formula is C11H17N3O4. The smallest absolute Gasteiger partial charge is 0.334 e. The van der Waals surface area contributed by atoms with Gasteiger partial charge in [-0.25, -0.2) is 14.8 Å². The fourth-order valence-corrected chi connectivity index (χ4v) is 1.36. The lowest BCUT2D eigenvalue weighted by Gasteiger charge is -2.14.